The minimum Gasteiger partial charge on any atom is -0.311 e. The van der Waals surface area contributed by atoms with E-state index in [0.717, 1.165) is 0 Å². The fourth-order valence-corrected chi connectivity index (χ4v) is 1.04. The molecule has 0 aromatic rings. The number of hydrogen-bond donors (Lipinski definition) is 1. The van der Waals surface area contributed by atoms with Crippen molar-refractivity contribution in [3.05, 3.63) is 0 Å². The van der Waals surface area contributed by atoms with E-state index in [1.54, 1.807) is 0 Å². The summed E-state index contributed by atoms with van der Waals surface area (Å²) in [7, 11) is 0. The van der Waals surface area contributed by atoms with Gasteiger partial charge in [-0.15, -0.1) is 18.8 Å². The average molecular weight is 182 g/mol. The molecule has 4 heteroatoms. The Balaban J connectivity index is 0.000001000. The van der Waals surface area contributed by atoms with E-state index < -0.39 is 11.8 Å². The van der Waals surface area contributed by atoms with Crippen molar-refractivity contribution in [1.82, 2.24) is 5.32 Å². The van der Waals surface area contributed by atoms with Gasteiger partial charge in [0.2, 0.25) is 0 Å². The Bertz CT molecular complexity index is 164. The summed E-state index contributed by atoms with van der Waals surface area (Å²) in [4.78, 5) is 0. The van der Waals surface area contributed by atoms with Crippen molar-refractivity contribution >= 4 is 12.4 Å². The van der Waals surface area contributed by atoms with Gasteiger partial charge in [-0.2, -0.15) is 0 Å². The lowest BCUT2D eigenvalue weighted by atomic mass is 9.95. The molecule has 64 valence electrons. The zero-order chi connectivity index (χ0) is 7.61. The number of halogens is 3. The normalized spacial score (nSPS) is 28.3. The molecule has 0 amide bonds. The fraction of sp³-hybridized carbons (Fsp3) is 0.714. The van der Waals surface area contributed by atoms with Gasteiger partial charge >= 0.3 is 0 Å². The maximum atomic E-state index is 12.7. The summed E-state index contributed by atoms with van der Waals surface area (Å²) in [6, 6.07) is 0. The molecule has 0 aromatic heterocycles. The molecule has 0 bridgehead atoms. The Morgan fingerprint density at radius 3 is 2.55 bits per heavy atom. The van der Waals surface area contributed by atoms with E-state index in [-0.39, 0.29) is 19.0 Å². The van der Waals surface area contributed by atoms with Gasteiger partial charge in [-0.3, -0.25) is 0 Å². The van der Waals surface area contributed by atoms with Crippen molar-refractivity contribution in [3.8, 4) is 12.3 Å². The molecule has 1 N–H and O–H groups in total. The van der Waals surface area contributed by atoms with Crippen molar-refractivity contribution in [2.24, 2.45) is 5.92 Å². The quantitative estimate of drug-likeness (QED) is 0.556. The lowest BCUT2D eigenvalue weighted by molar-refractivity contribution is -0.0511. The van der Waals surface area contributed by atoms with E-state index in [1.807, 2.05) is 0 Å². The van der Waals surface area contributed by atoms with Crippen LogP contribution in [-0.4, -0.2) is 19.0 Å². The molecular formula is C7H10ClF2N. The second-order valence-corrected chi connectivity index (χ2v) is 2.45. The summed E-state index contributed by atoms with van der Waals surface area (Å²) in [6.07, 6.45) is 5.30. The van der Waals surface area contributed by atoms with E-state index >= 15 is 0 Å². The summed E-state index contributed by atoms with van der Waals surface area (Å²) in [5.41, 5.74) is 0. The van der Waals surface area contributed by atoms with Crippen molar-refractivity contribution in [2.75, 3.05) is 13.1 Å². The molecule has 1 unspecified atom stereocenters. The SMILES string of the molecule is C#CC1CCNCC1(F)F.Cl. The summed E-state index contributed by atoms with van der Waals surface area (Å²) >= 11 is 0. The molecule has 1 aliphatic heterocycles. The number of hydrogen-bond acceptors (Lipinski definition) is 1. The number of piperidine rings is 1. The number of alkyl halides is 2. The lowest BCUT2D eigenvalue weighted by Gasteiger charge is -2.27. The smallest absolute Gasteiger partial charge is 0.273 e. The van der Waals surface area contributed by atoms with Crippen LogP contribution >= 0.6 is 12.4 Å². The van der Waals surface area contributed by atoms with Crippen molar-refractivity contribution in [3.63, 3.8) is 0 Å². The van der Waals surface area contributed by atoms with Gasteiger partial charge in [0.1, 0.15) is 0 Å². The molecule has 0 saturated carbocycles. The highest BCUT2D eigenvalue weighted by molar-refractivity contribution is 5.85. The summed E-state index contributed by atoms with van der Waals surface area (Å²) < 4.78 is 25.3. The van der Waals surface area contributed by atoms with Crippen molar-refractivity contribution in [1.29, 1.82) is 0 Å². The highest BCUT2D eigenvalue weighted by atomic mass is 35.5. The van der Waals surface area contributed by atoms with E-state index in [1.165, 1.54) is 0 Å². The molecule has 0 aliphatic carbocycles. The van der Waals surface area contributed by atoms with Crippen LogP contribution in [0.1, 0.15) is 6.42 Å². The Hall–Kier alpha value is -0.330. The van der Waals surface area contributed by atoms with Crippen LogP contribution in [0.2, 0.25) is 0 Å². The van der Waals surface area contributed by atoms with Gasteiger partial charge in [0.25, 0.3) is 5.92 Å². The van der Waals surface area contributed by atoms with Crippen LogP contribution in [0, 0.1) is 18.3 Å². The molecule has 11 heavy (non-hydrogen) atoms. The first-order chi connectivity index (χ1) is 4.67. The van der Waals surface area contributed by atoms with Crippen LogP contribution in [0.3, 0.4) is 0 Å². The number of terminal acetylenes is 1. The monoisotopic (exact) mass is 181 g/mol. The average Bonchev–Trinajstić information content (AvgIpc) is 1.87. The maximum absolute atomic E-state index is 12.7. The summed E-state index contributed by atoms with van der Waals surface area (Å²) in [6.45, 7) is 0.326. The first-order valence-corrected chi connectivity index (χ1v) is 3.21. The first-order valence-electron chi connectivity index (χ1n) is 3.21. The minimum absolute atomic E-state index is 0. The molecule has 1 saturated heterocycles. The third-order valence-corrected chi connectivity index (χ3v) is 1.68. The van der Waals surface area contributed by atoms with Crippen LogP contribution < -0.4 is 5.32 Å². The summed E-state index contributed by atoms with van der Waals surface area (Å²) in [5.74, 6) is -1.46. The molecule has 1 heterocycles. The van der Waals surface area contributed by atoms with E-state index in [4.69, 9.17) is 6.42 Å². The third kappa shape index (κ3) is 2.32. The Morgan fingerprint density at radius 2 is 2.18 bits per heavy atom. The molecule has 0 spiro atoms. The lowest BCUT2D eigenvalue weighted by Crippen LogP contribution is -2.45. The fourth-order valence-electron chi connectivity index (χ4n) is 1.04. The second kappa shape index (κ2) is 3.89. The largest absolute Gasteiger partial charge is 0.311 e. The van der Waals surface area contributed by atoms with Crippen LogP contribution in [0.25, 0.3) is 0 Å². The third-order valence-electron chi connectivity index (χ3n) is 1.68. The van der Waals surface area contributed by atoms with E-state index in [0.29, 0.717) is 13.0 Å². The van der Waals surface area contributed by atoms with Gasteiger partial charge in [-0.05, 0) is 13.0 Å². The maximum Gasteiger partial charge on any atom is 0.273 e. The Morgan fingerprint density at radius 1 is 1.55 bits per heavy atom. The van der Waals surface area contributed by atoms with E-state index in [9.17, 15) is 8.78 Å². The predicted molar refractivity (Wildman–Crippen MR) is 42.0 cm³/mol. The predicted octanol–water partition coefficient (Wildman–Crippen LogP) is 1.29. The van der Waals surface area contributed by atoms with Crippen LogP contribution in [0.5, 0.6) is 0 Å². The second-order valence-electron chi connectivity index (χ2n) is 2.45. The van der Waals surface area contributed by atoms with Gasteiger partial charge < -0.3 is 5.32 Å². The van der Waals surface area contributed by atoms with Gasteiger partial charge in [-0.1, -0.05) is 5.92 Å². The van der Waals surface area contributed by atoms with Crippen LogP contribution in [-0.2, 0) is 0 Å². The molecule has 0 radical (unpaired) electrons. The zero-order valence-corrected chi connectivity index (χ0v) is 6.76. The van der Waals surface area contributed by atoms with Gasteiger partial charge in [0, 0.05) is 0 Å². The topological polar surface area (TPSA) is 12.0 Å². The molecule has 0 aromatic carbocycles. The highest BCUT2D eigenvalue weighted by Crippen LogP contribution is 2.28. The first kappa shape index (κ1) is 10.7. The van der Waals surface area contributed by atoms with Gasteiger partial charge in [0.05, 0.1) is 12.5 Å². The zero-order valence-electron chi connectivity index (χ0n) is 5.94. The van der Waals surface area contributed by atoms with Crippen molar-refractivity contribution in [2.45, 2.75) is 12.3 Å². The van der Waals surface area contributed by atoms with Crippen molar-refractivity contribution < 1.29 is 8.78 Å². The molecule has 1 nitrogen and oxygen atoms in total. The summed E-state index contributed by atoms with van der Waals surface area (Å²) in [5, 5.41) is 2.59. The number of rotatable bonds is 0. The molecule has 1 atom stereocenters. The Kier molecular flexibility index (Phi) is 3.77. The van der Waals surface area contributed by atoms with Gasteiger partial charge in [0.15, 0.2) is 0 Å². The molecule has 1 rings (SSSR count). The van der Waals surface area contributed by atoms with Crippen LogP contribution in [0.4, 0.5) is 8.78 Å². The standard InChI is InChI=1S/C7H9F2N.ClH/c1-2-6-3-4-10-5-7(6,8)9;/h1,6,10H,3-5H2;1H. The highest BCUT2D eigenvalue weighted by Gasteiger charge is 2.40. The van der Waals surface area contributed by atoms with Gasteiger partial charge in [-0.25, -0.2) is 8.78 Å². The van der Waals surface area contributed by atoms with E-state index in [2.05, 4.69) is 11.2 Å². The van der Waals surface area contributed by atoms with Crippen LogP contribution in [0.15, 0.2) is 0 Å². The Labute approximate surface area is 71.0 Å². The molecule has 1 fully saturated rings. The number of nitrogens with one attached hydrogen (secondary N) is 1. The molecular weight excluding hydrogens is 172 g/mol. The molecule has 1 aliphatic rings. The minimum atomic E-state index is -2.70.